The van der Waals surface area contributed by atoms with E-state index in [0.717, 1.165) is 5.56 Å². The molecular formula is C13H9FOS. The summed E-state index contributed by atoms with van der Waals surface area (Å²) in [5, 5.41) is 3.66. The van der Waals surface area contributed by atoms with Crippen LogP contribution in [0.5, 0.6) is 0 Å². The monoisotopic (exact) mass is 232 g/mol. The summed E-state index contributed by atoms with van der Waals surface area (Å²) >= 11 is 1.49. The molecule has 0 bridgehead atoms. The molecular weight excluding hydrogens is 223 g/mol. The van der Waals surface area contributed by atoms with Gasteiger partial charge in [-0.1, -0.05) is 18.2 Å². The molecule has 0 amide bonds. The van der Waals surface area contributed by atoms with Crippen molar-refractivity contribution in [2.45, 2.75) is 0 Å². The highest BCUT2D eigenvalue weighted by Crippen LogP contribution is 2.09. The van der Waals surface area contributed by atoms with Crippen LogP contribution in [0.3, 0.4) is 0 Å². The summed E-state index contributed by atoms with van der Waals surface area (Å²) in [7, 11) is 0. The van der Waals surface area contributed by atoms with Gasteiger partial charge in [-0.15, -0.1) is 0 Å². The van der Waals surface area contributed by atoms with E-state index < -0.39 is 0 Å². The van der Waals surface area contributed by atoms with Crippen LogP contribution in [0, 0.1) is 5.82 Å². The van der Waals surface area contributed by atoms with E-state index in [4.69, 9.17) is 0 Å². The predicted octanol–water partition coefficient (Wildman–Crippen LogP) is 3.78. The van der Waals surface area contributed by atoms with Gasteiger partial charge in [0.05, 0.1) is 0 Å². The predicted molar refractivity (Wildman–Crippen MR) is 64.1 cm³/mol. The van der Waals surface area contributed by atoms with Crippen LogP contribution < -0.4 is 0 Å². The number of carbonyl (C=O) groups is 1. The Hall–Kier alpha value is -1.74. The van der Waals surface area contributed by atoms with Crippen LogP contribution in [0.2, 0.25) is 0 Å². The Balaban J connectivity index is 2.10. The maximum atomic E-state index is 12.6. The molecule has 0 spiro atoms. The van der Waals surface area contributed by atoms with Crippen LogP contribution >= 0.6 is 11.3 Å². The van der Waals surface area contributed by atoms with Gasteiger partial charge in [-0.2, -0.15) is 11.3 Å². The lowest BCUT2D eigenvalue weighted by Gasteiger charge is -1.92. The van der Waals surface area contributed by atoms with Gasteiger partial charge in [0, 0.05) is 10.9 Å². The van der Waals surface area contributed by atoms with Crippen molar-refractivity contribution >= 4 is 23.2 Å². The van der Waals surface area contributed by atoms with Gasteiger partial charge in [0.1, 0.15) is 5.82 Å². The second kappa shape index (κ2) is 4.86. The van der Waals surface area contributed by atoms with Crippen molar-refractivity contribution in [1.29, 1.82) is 0 Å². The minimum absolute atomic E-state index is 0.0365. The summed E-state index contributed by atoms with van der Waals surface area (Å²) in [5.41, 5.74) is 1.49. The van der Waals surface area contributed by atoms with Crippen molar-refractivity contribution in [3.05, 3.63) is 64.1 Å². The molecule has 0 N–H and O–H groups in total. The fraction of sp³-hybridized carbons (Fsp3) is 0. The van der Waals surface area contributed by atoms with E-state index in [1.807, 2.05) is 5.38 Å². The first-order chi connectivity index (χ1) is 7.75. The van der Waals surface area contributed by atoms with Gasteiger partial charge in [-0.3, -0.25) is 4.79 Å². The van der Waals surface area contributed by atoms with Crippen molar-refractivity contribution < 1.29 is 9.18 Å². The van der Waals surface area contributed by atoms with Gasteiger partial charge in [-0.25, -0.2) is 4.39 Å². The third-order valence-electron chi connectivity index (χ3n) is 2.10. The Morgan fingerprint density at radius 3 is 2.56 bits per heavy atom. The van der Waals surface area contributed by atoms with Crippen LogP contribution in [0.25, 0.3) is 6.08 Å². The van der Waals surface area contributed by atoms with Gasteiger partial charge >= 0.3 is 0 Å². The number of hydrogen-bond donors (Lipinski definition) is 0. The minimum Gasteiger partial charge on any atom is -0.289 e. The molecule has 3 heteroatoms. The molecule has 1 aromatic carbocycles. The second-order valence-corrected chi connectivity index (χ2v) is 4.04. The Kier molecular flexibility index (Phi) is 3.27. The van der Waals surface area contributed by atoms with Crippen molar-refractivity contribution in [3.63, 3.8) is 0 Å². The van der Waals surface area contributed by atoms with Crippen LogP contribution in [0.15, 0.2) is 47.2 Å². The lowest BCUT2D eigenvalue weighted by atomic mass is 10.1. The molecule has 0 saturated heterocycles. The molecule has 0 aliphatic heterocycles. The summed E-state index contributed by atoms with van der Waals surface area (Å²) < 4.78 is 12.6. The SMILES string of the molecule is O=C(C=Cc1ccc(F)cc1)c1ccsc1. The lowest BCUT2D eigenvalue weighted by Crippen LogP contribution is -1.89. The third-order valence-corrected chi connectivity index (χ3v) is 2.79. The van der Waals surface area contributed by atoms with Crippen molar-refractivity contribution in [2.75, 3.05) is 0 Å². The molecule has 80 valence electrons. The first kappa shape index (κ1) is 10.8. The smallest absolute Gasteiger partial charge is 0.186 e. The van der Waals surface area contributed by atoms with Crippen molar-refractivity contribution in [1.82, 2.24) is 0 Å². The first-order valence-electron chi connectivity index (χ1n) is 4.76. The molecule has 2 aromatic rings. The van der Waals surface area contributed by atoms with E-state index in [0.29, 0.717) is 5.56 Å². The molecule has 0 aliphatic rings. The summed E-state index contributed by atoms with van der Waals surface area (Å²) in [4.78, 5) is 11.6. The summed E-state index contributed by atoms with van der Waals surface area (Å²) in [5.74, 6) is -0.313. The highest BCUT2D eigenvalue weighted by molar-refractivity contribution is 7.08. The number of hydrogen-bond acceptors (Lipinski definition) is 2. The third kappa shape index (κ3) is 2.64. The molecule has 0 unspecified atom stereocenters. The Labute approximate surface area is 96.9 Å². The zero-order valence-corrected chi connectivity index (χ0v) is 9.21. The Morgan fingerprint density at radius 1 is 1.19 bits per heavy atom. The highest BCUT2D eigenvalue weighted by Gasteiger charge is 2.00. The summed E-state index contributed by atoms with van der Waals surface area (Å²) in [6, 6.07) is 7.78. The Bertz CT molecular complexity index is 497. The maximum Gasteiger partial charge on any atom is 0.186 e. The van der Waals surface area contributed by atoms with Gasteiger partial charge < -0.3 is 0 Å². The zero-order valence-electron chi connectivity index (χ0n) is 8.39. The molecule has 0 aliphatic carbocycles. The quantitative estimate of drug-likeness (QED) is 0.581. The average Bonchev–Trinajstić information content (AvgIpc) is 2.81. The number of allylic oxidation sites excluding steroid dienone is 1. The number of rotatable bonds is 3. The molecule has 0 saturated carbocycles. The fourth-order valence-corrected chi connectivity index (χ4v) is 1.89. The largest absolute Gasteiger partial charge is 0.289 e. The van der Waals surface area contributed by atoms with Crippen molar-refractivity contribution in [3.8, 4) is 0 Å². The van der Waals surface area contributed by atoms with Crippen LogP contribution in [-0.4, -0.2) is 5.78 Å². The van der Waals surface area contributed by atoms with Crippen molar-refractivity contribution in [2.24, 2.45) is 0 Å². The molecule has 1 aromatic heterocycles. The van der Waals surface area contributed by atoms with E-state index in [2.05, 4.69) is 0 Å². The van der Waals surface area contributed by atoms with Crippen LogP contribution in [0.4, 0.5) is 4.39 Å². The van der Waals surface area contributed by atoms with Gasteiger partial charge in [0.2, 0.25) is 0 Å². The van der Waals surface area contributed by atoms with Gasteiger partial charge in [0.25, 0.3) is 0 Å². The lowest BCUT2D eigenvalue weighted by molar-refractivity contribution is 0.104. The minimum atomic E-state index is -0.277. The van der Waals surface area contributed by atoms with E-state index in [1.54, 1.807) is 29.7 Å². The van der Waals surface area contributed by atoms with E-state index in [1.165, 1.54) is 29.5 Å². The average molecular weight is 232 g/mol. The molecule has 1 nitrogen and oxygen atoms in total. The second-order valence-electron chi connectivity index (χ2n) is 3.26. The van der Waals surface area contributed by atoms with Crippen LogP contribution in [0.1, 0.15) is 15.9 Å². The fourth-order valence-electron chi connectivity index (χ4n) is 1.25. The van der Waals surface area contributed by atoms with E-state index in [-0.39, 0.29) is 11.6 Å². The normalized spacial score (nSPS) is 10.8. The maximum absolute atomic E-state index is 12.6. The highest BCUT2D eigenvalue weighted by atomic mass is 32.1. The number of thiophene rings is 1. The van der Waals surface area contributed by atoms with Gasteiger partial charge in [-0.05, 0) is 35.2 Å². The topological polar surface area (TPSA) is 17.1 Å². The van der Waals surface area contributed by atoms with Gasteiger partial charge in [0.15, 0.2) is 5.78 Å². The standard InChI is InChI=1S/C13H9FOS/c14-12-4-1-10(2-5-12)3-6-13(15)11-7-8-16-9-11/h1-9H. The summed E-state index contributed by atoms with van der Waals surface area (Å²) in [6.45, 7) is 0. The number of ketones is 1. The van der Waals surface area contributed by atoms with E-state index >= 15 is 0 Å². The van der Waals surface area contributed by atoms with E-state index in [9.17, 15) is 9.18 Å². The molecule has 1 heterocycles. The number of carbonyl (C=O) groups excluding carboxylic acids is 1. The first-order valence-corrected chi connectivity index (χ1v) is 5.70. The van der Waals surface area contributed by atoms with Crippen LogP contribution in [-0.2, 0) is 0 Å². The molecule has 2 rings (SSSR count). The number of benzene rings is 1. The Morgan fingerprint density at radius 2 is 1.94 bits per heavy atom. The number of halogens is 1. The molecule has 0 radical (unpaired) electrons. The molecule has 0 fully saturated rings. The zero-order chi connectivity index (χ0) is 11.4. The molecule has 16 heavy (non-hydrogen) atoms. The summed E-state index contributed by atoms with van der Waals surface area (Å²) in [6.07, 6.45) is 3.18. The molecule has 0 atom stereocenters.